The first-order chi connectivity index (χ1) is 6.35. The highest BCUT2D eigenvalue weighted by Gasteiger charge is 1.93. The quantitative estimate of drug-likeness (QED) is 0.714. The average Bonchev–Trinajstić information content (AvgIpc) is 2.24. The van der Waals surface area contributed by atoms with Crippen molar-refractivity contribution >= 4 is 0 Å². The molecule has 0 radical (unpaired) electrons. The van der Waals surface area contributed by atoms with E-state index in [0.717, 1.165) is 26.3 Å². The summed E-state index contributed by atoms with van der Waals surface area (Å²) >= 11 is 0. The standard InChI is InChI=1S/C6H15N.C4H9NO/c1-4-7(5-2)6-3;1-3-6-4-2-5-1/h4-6H2,1-3H3;5H,1-4H2. The van der Waals surface area contributed by atoms with E-state index in [-0.39, 0.29) is 0 Å². The van der Waals surface area contributed by atoms with Gasteiger partial charge in [0.25, 0.3) is 0 Å². The van der Waals surface area contributed by atoms with Crippen LogP contribution in [0.5, 0.6) is 0 Å². The summed E-state index contributed by atoms with van der Waals surface area (Å²) in [6, 6.07) is 0. The Morgan fingerprint density at radius 3 is 1.54 bits per heavy atom. The fourth-order valence-electron chi connectivity index (χ4n) is 1.19. The van der Waals surface area contributed by atoms with Crippen LogP contribution >= 0.6 is 0 Å². The molecule has 1 aliphatic heterocycles. The highest BCUT2D eigenvalue weighted by atomic mass is 16.5. The third kappa shape index (κ3) is 8.22. The molecule has 0 aromatic rings. The molecule has 1 saturated heterocycles. The van der Waals surface area contributed by atoms with Crippen molar-refractivity contribution in [1.29, 1.82) is 0 Å². The van der Waals surface area contributed by atoms with E-state index in [9.17, 15) is 0 Å². The smallest absolute Gasteiger partial charge is 0.0591 e. The van der Waals surface area contributed by atoms with Crippen molar-refractivity contribution in [2.24, 2.45) is 0 Å². The van der Waals surface area contributed by atoms with E-state index < -0.39 is 0 Å². The van der Waals surface area contributed by atoms with Crippen molar-refractivity contribution in [2.45, 2.75) is 20.8 Å². The summed E-state index contributed by atoms with van der Waals surface area (Å²) in [5, 5.41) is 3.16. The molecule has 80 valence electrons. The van der Waals surface area contributed by atoms with E-state index >= 15 is 0 Å². The summed E-state index contributed by atoms with van der Waals surface area (Å²) < 4.78 is 5.01. The molecule has 13 heavy (non-hydrogen) atoms. The molecule has 1 fully saturated rings. The molecule has 1 rings (SSSR count). The van der Waals surface area contributed by atoms with Gasteiger partial charge in [-0.1, -0.05) is 20.8 Å². The number of hydrogen-bond donors (Lipinski definition) is 1. The van der Waals surface area contributed by atoms with Gasteiger partial charge in [-0.2, -0.15) is 0 Å². The van der Waals surface area contributed by atoms with Crippen LogP contribution in [-0.4, -0.2) is 50.8 Å². The first-order valence-corrected chi connectivity index (χ1v) is 5.35. The van der Waals surface area contributed by atoms with Crippen LogP contribution in [0.2, 0.25) is 0 Å². The van der Waals surface area contributed by atoms with Gasteiger partial charge in [0.1, 0.15) is 0 Å². The van der Waals surface area contributed by atoms with Crippen LogP contribution in [0.15, 0.2) is 0 Å². The summed E-state index contributed by atoms with van der Waals surface area (Å²) in [6.07, 6.45) is 0. The third-order valence-corrected chi connectivity index (χ3v) is 2.19. The number of rotatable bonds is 3. The Hall–Kier alpha value is -0.120. The third-order valence-electron chi connectivity index (χ3n) is 2.19. The molecule has 3 nitrogen and oxygen atoms in total. The Balaban J connectivity index is 0.000000223. The van der Waals surface area contributed by atoms with E-state index in [1.54, 1.807) is 0 Å². The fourth-order valence-corrected chi connectivity index (χ4v) is 1.19. The summed E-state index contributed by atoms with van der Waals surface area (Å²) in [7, 11) is 0. The molecule has 0 saturated carbocycles. The van der Waals surface area contributed by atoms with Gasteiger partial charge in [-0.15, -0.1) is 0 Å². The Morgan fingerprint density at radius 2 is 1.46 bits per heavy atom. The van der Waals surface area contributed by atoms with E-state index in [1.165, 1.54) is 19.6 Å². The van der Waals surface area contributed by atoms with Crippen molar-refractivity contribution in [2.75, 3.05) is 45.9 Å². The fraction of sp³-hybridized carbons (Fsp3) is 1.00. The SMILES string of the molecule is C1COCCN1.CCN(CC)CC. The summed E-state index contributed by atoms with van der Waals surface area (Å²) in [4.78, 5) is 2.38. The van der Waals surface area contributed by atoms with Gasteiger partial charge in [0.05, 0.1) is 13.2 Å². The molecule has 1 N–H and O–H groups in total. The summed E-state index contributed by atoms with van der Waals surface area (Å²) in [5.74, 6) is 0. The minimum Gasteiger partial charge on any atom is -0.379 e. The molecule has 0 bridgehead atoms. The lowest BCUT2D eigenvalue weighted by Crippen LogP contribution is -2.30. The molecule has 1 heterocycles. The second-order valence-electron chi connectivity index (χ2n) is 2.98. The molecule has 0 aliphatic carbocycles. The van der Waals surface area contributed by atoms with Crippen molar-refractivity contribution in [3.05, 3.63) is 0 Å². The predicted octanol–water partition coefficient (Wildman–Crippen LogP) is 0.954. The molecule has 0 spiro atoms. The summed E-state index contributed by atoms with van der Waals surface area (Å²) in [5.41, 5.74) is 0. The number of nitrogens with zero attached hydrogens (tertiary/aromatic N) is 1. The first-order valence-electron chi connectivity index (χ1n) is 5.35. The monoisotopic (exact) mass is 188 g/mol. The molecule has 3 heteroatoms. The largest absolute Gasteiger partial charge is 0.379 e. The second kappa shape index (κ2) is 9.96. The normalized spacial score (nSPS) is 16.6. The number of morpholine rings is 1. The van der Waals surface area contributed by atoms with Crippen LogP contribution in [0.4, 0.5) is 0 Å². The average molecular weight is 188 g/mol. The maximum Gasteiger partial charge on any atom is 0.0591 e. The number of ether oxygens (including phenoxy) is 1. The van der Waals surface area contributed by atoms with Gasteiger partial charge in [0.15, 0.2) is 0 Å². The predicted molar refractivity (Wildman–Crippen MR) is 57.2 cm³/mol. The zero-order valence-electron chi connectivity index (χ0n) is 9.31. The highest BCUT2D eigenvalue weighted by molar-refractivity contribution is 4.49. The molecule has 0 amide bonds. The molecule has 0 aromatic carbocycles. The van der Waals surface area contributed by atoms with Gasteiger partial charge in [-0.25, -0.2) is 0 Å². The Labute approximate surface area is 82.4 Å². The van der Waals surface area contributed by atoms with Crippen molar-refractivity contribution in [3.8, 4) is 0 Å². The van der Waals surface area contributed by atoms with Gasteiger partial charge in [-0.3, -0.25) is 0 Å². The highest BCUT2D eigenvalue weighted by Crippen LogP contribution is 1.81. The Morgan fingerprint density at radius 1 is 1.00 bits per heavy atom. The lowest BCUT2D eigenvalue weighted by molar-refractivity contribution is 0.109. The van der Waals surface area contributed by atoms with E-state index in [1.807, 2.05) is 0 Å². The Kier molecular flexibility index (Phi) is 9.87. The van der Waals surface area contributed by atoms with Crippen LogP contribution < -0.4 is 5.32 Å². The zero-order chi connectivity index (χ0) is 9.94. The summed E-state index contributed by atoms with van der Waals surface area (Å²) in [6.45, 7) is 14.0. The van der Waals surface area contributed by atoms with Crippen LogP contribution in [-0.2, 0) is 4.74 Å². The Bertz CT molecular complexity index is 73.9. The molecule has 0 atom stereocenters. The zero-order valence-corrected chi connectivity index (χ0v) is 9.31. The molecular formula is C10H24N2O. The maximum absolute atomic E-state index is 5.01. The van der Waals surface area contributed by atoms with E-state index in [0.29, 0.717) is 0 Å². The molecule has 0 aromatic heterocycles. The topological polar surface area (TPSA) is 24.5 Å². The number of hydrogen-bond acceptors (Lipinski definition) is 3. The lowest BCUT2D eigenvalue weighted by atomic mass is 10.5. The van der Waals surface area contributed by atoms with Crippen molar-refractivity contribution < 1.29 is 4.74 Å². The van der Waals surface area contributed by atoms with Gasteiger partial charge in [0.2, 0.25) is 0 Å². The minimum atomic E-state index is 0.889. The van der Waals surface area contributed by atoms with Crippen LogP contribution in [0.25, 0.3) is 0 Å². The van der Waals surface area contributed by atoms with Crippen LogP contribution in [0.1, 0.15) is 20.8 Å². The van der Waals surface area contributed by atoms with E-state index in [2.05, 4.69) is 31.0 Å². The van der Waals surface area contributed by atoms with Crippen molar-refractivity contribution in [1.82, 2.24) is 10.2 Å². The van der Waals surface area contributed by atoms with E-state index in [4.69, 9.17) is 4.74 Å². The van der Waals surface area contributed by atoms with Gasteiger partial charge < -0.3 is 15.0 Å². The van der Waals surface area contributed by atoms with Gasteiger partial charge in [0, 0.05) is 13.1 Å². The van der Waals surface area contributed by atoms with Crippen LogP contribution in [0.3, 0.4) is 0 Å². The second-order valence-corrected chi connectivity index (χ2v) is 2.98. The van der Waals surface area contributed by atoms with Gasteiger partial charge >= 0.3 is 0 Å². The minimum absolute atomic E-state index is 0.889. The number of nitrogens with one attached hydrogen (secondary N) is 1. The maximum atomic E-state index is 5.01. The van der Waals surface area contributed by atoms with Gasteiger partial charge in [-0.05, 0) is 19.6 Å². The van der Waals surface area contributed by atoms with Crippen LogP contribution in [0, 0.1) is 0 Å². The molecular weight excluding hydrogens is 164 g/mol. The van der Waals surface area contributed by atoms with Crippen molar-refractivity contribution in [3.63, 3.8) is 0 Å². The molecule has 0 unspecified atom stereocenters. The lowest BCUT2D eigenvalue weighted by Gasteiger charge is -2.13. The molecule has 1 aliphatic rings. The first kappa shape index (κ1) is 12.9.